The molecule has 2 aromatic carbocycles. The maximum absolute atomic E-state index is 12.9. The van der Waals surface area contributed by atoms with E-state index in [2.05, 4.69) is 10.7 Å². The van der Waals surface area contributed by atoms with E-state index < -0.39 is 41.6 Å². The minimum atomic E-state index is -1.33. The van der Waals surface area contributed by atoms with E-state index in [1.807, 2.05) is 13.8 Å². The van der Waals surface area contributed by atoms with E-state index in [4.69, 9.17) is 10.3 Å². The number of carbonyl (C=O) groups is 5. The van der Waals surface area contributed by atoms with E-state index in [9.17, 15) is 29.1 Å². The second-order valence-electron chi connectivity index (χ2n) is 9.53. The van der Waals surface area contributed by atoms with Crippen molar-refractivity contribution in [2.75, 3.05) is 5.43 Å². The van der Waals surface area contributed by atoms with E-state index in [-0.39, 0.29) is 29.9 Å². The number of nitrogens with one attached hydrogen (secondary N) is 3. The Bertz CT molecular complexity index is 1380. The average molecular weight is 539 g/mol. The monoisotopic (exact) mass is 538 g/mol. The zero-order chi connectivity index (χ0) is 28.7. The van der Waals surface area contributed by atoms with Gasteiger partial charge in [0.15, 0.2) is 0 Å². The van der Waals surface area contributed by atoms with Crippen LogP contribution in [0.3, 0.4) is 0 Å². The summed E-state index contributed by atoms with van der Waals surface area (Å²) in [5.74, 6) is -5.08. The SMILES string of the molecule is CC(C)C[C@H](CC(=O)NO)C(=O)N[C@@H](Cc1cn(NC(=O)c2ccc(C(=O)O)cc2)c2ccccc12)C(=O)O. The molecule has 0 bridgehead atoms. The Morgan fingerprint density at radius 3 is 2.15 bits per heavy atom. The Balaban J connectivity index is 1.83. The summed E-state index contributed by atoms with van der Waals surface area (Å²) in [4.78, 5) is 60.6. The summed E-state index contributed by atoms with van der Waals surface area (Å²) >= 11 is 0. The van der Waals surface area contributed by atoms with Gasteiger partial charge < -0.3 is 15.5 Å². The van der Waals surface area contributed by atoms with Crippen LogP contribution in [0.2, 0.25) is 0 Å². The molecule has 3 amide bonds. The minimum Gasteiger partial charge on any atom is -0.480 e. The van der Waals surface area contributed by atoms with Crippen LogP contribution in [-0.4, -0.2) is 55.8 Å². The third-order valence-electron chi connectivity index (χ3n) is 6.13. The van der Waals surface area contributed by atoms with E-state index in [1.54, 1.807) is 30.5 Å². The fourth-order valence-electron chi connectivity index (χ4n) is 4.27. The molecule has 0 saturated heterocycles. The van der Waals surface area contributed by atoms with E-state index >= 15 is 0 Å². The molecule has 0 radical (unpaired) electrons. The number of hydroxylamine groups is 1. The van der Waals surface area contributed by atoms with Crippen LogP contribution in [0.4, 0.5) is 0 Å². The molecule has 3 aromatic rings. The van der Waals surface area contributed by atoms with Crippen molar-refractivity contribution in [2.45, 2.75) is 39.2 Å². The van der Waals surface area contributed by atoms with Gasteiger partial charge in [-0.2, -0.15) is 0 Å². The number of rotatable bonds is 12. The van der Waals surface area contributed by atoms with Crippen LogP contribution < -0.4 is 16.2 Å². The van der Waals surface area contributed by atoms with Crippen molar-refractivity contribution in [3.05, 3.63) is 71.4 Å². The summed E-state index contributed by atoms with van der Waals surface area (Å²) in [6.07, 6.45) is 1.45. The fourth-order valence-corrected chi connectivity index (χ4v) is 4.27. The van der Waals surface area contributed by atoms with E-state index in [0.29, 0.717) is 22.9 Å². The Hall–Kier alpha value is -4.71. The molecule has 12 heteroatoms. The molecule has 0 aliphatic heterocycles. The molecule has 206 valence electrons. The Morgan fingerprint density at radius 1 is 0.923 bits per heavy atom. The van der Waals surface area contributed by atoms with Crippen molar-refractivity contribution in [3.63, 3.8) is 0 Å². The number of aliphatic carboxylic acids is 1. The van der Waals surface area contributed by atoms with Gasteiger partial charge in [0, 0.05) is 35.9 Å². The Morgan fingerprint density at radius 2 is 1.56 bits per heavy atom. The number of para-hydroxylation sites is 1. The molecular formula is C27H30N4O8. The van der Waals surface area contributed by atoms with E-state index in [0.717, 1.165) is 0 Å². The zero-order valence-corrected chi connectivity index (χ0v) is 21.4. The molecule has 1 heterocycles. The number of carboxylic acids is 2. The predicted octanol–water partition coefficient (Wildman–Crippen LogP) is 2.39. The normalized spacial score (nSPS) is 12.5. The predicted molar refractivity (Wildman–Crippen MR) is 140 cm³/mol. The molecule has 6 N–H and O–H groups in total. The van der Waals surface area contributed by atoms with Gasteiger partial charge in [-0.05, 0) is 48.2 Å². The number of nitrogens with zero attached hydrogens (tertiary/aromatic N) is 1. The first kappa shape index (κ1) is 28.9. The van der Waals surface area contributed by atoms with Gasteiger partial charge in [0.1, 0.15) is 6.04 Å². The van der Waals surface area contributed by atoms with E-state index in [1.165, 1.54) is 34.4 Å². The lowest BCUT2D eigenvalue weighted by Crippen LogP contribution is -2.46. The van der Waals surface area contributed by atoms with Crippen LogP contribution >= 0.6 is 0 Å². The molecular weight excluding hydrogens is 508 g/mol. The van der Waals surface area contributed by atoms with Crippen molar-refractivity contribution in [1.29, 1.82) is 0 Å². The largest absolute Gasteiger partial charge is 0.480 e. The zero-order valence-electron chi connectivity index (χ0n) is 21.4. The third kappa shape index (κ3) is 7.42. The van der Waals surface area contributed by atoms with Gasteiger partial charge >= 0.3 is 11.9 Å². The van der Waals surface area contributed by atoms with Crippen LogP contribution in [0, 0.1) is 11.8 Å². The molecule has 3 rings (SSSR count). The first-order valence-electron chi connectivity index (χ1n) is 12.2. The highest BCUT2D eigenvalue weighted by Gasteiger charge is 2.29. The highest BCUT2D eigenvalue weighted by atomic mass is 16.5. The number of carbonyl (C=O) groups excluding carboxylic acids is 3. The molecule has 0 aliphatic rings. The lowest BCUT2D eigenvalue weighted by Gasteiger charge is -2.21. The number of fused-ring (bicyclic) bond motifs is 1. The summed E-state index contributed by atoms with van der Waals surface area (Å²) in [6.45, 7) is 3.71. The summed E-state index contributed by atoms with van der Waals surface area (Å²) in [7, 11) is 0. The van der Waals surface area contributed by atoms with Gasteiger partial charge in [0.2, 0.25) is 11.8 Å². The van der Waals surface area contributed by atoms with Crippen LogP contribution in [0.15, 0.2) is 54.7 Å². The highest BCUT2D eigenvalue weighted by molar-refractivity contribution is 6.02. The van der Waals surface area contributed by atoms with Crippen LogP contribution in [-0.2, 0) is 20.8 Å². The lowest BCUT2D eigenvalue weighted by atomic mass is 9.92. The number of hydrogen-bond donors (Lipinski definition) is 6. The summed E-state index contributed by atoms with van der Waals surface area (Å²) < 4.78 is 1.44. The quantitative estimate of drug-likeness (QED) is 0.150. The van der Waals surface area contributed by atoms with Crippen molar-refractivity contribution < 1.29 is 39.4 Å². The first-order valence-corrected chi connectivity index (χ1v) is 12.2. The van der Waals surface area contributed by atoms with Crippen LogP contribution in [0.5, 0.6) is 0 Å². The molecule has 1 aromatic heterocycles. The minimum absolute atomic E-state index is 0.0367. The van der Waals surface area contributed by atoms with Gasteiger partial charge in [-0.3, -0.25) is 29.7 Å². The second kappa shape index (κ2) is 12.7. The summed E-state index contributed by atoms with van der Waals surface area (Å²) in [5.41, 5.74) is 5.58. The van der Waals surface area contributed by atoms with Gasteiger partial charge in [0.25, 0.3) is 5.91 Å². The molecule has 0 unspecified atom stereocenters. The first-order chi connectivity index (χ1) is 18.5. The smallest absolute Gasteiger partial charge is 0.335 e. The highest BCUT2D eigenvalue weighted by Crippen LogP contribution is 2.23. The number of hydrogen-bond acceptors (Lipinski definition) is 6. The van der Waals surface area contributed by atoms with Crippen molar-refractivity contribution in [1.82, 2.24) is 15.5 Å². The number of benzene rings is 2. The van der Waals surface area contributed by atoms with Gasteiger partial charge in [0.05, 0.1) is 11.1 Å². The van der Waals surface area contributed by atoms with Gasteiger partial charge in [-0.25, -0.2) is 15.1 Å². The van der Waals surface area contributed by atoms with Crippen molar-refractivity contribution >= 4 is 40.6 Å². The van der Waals surface area contributed by atoms with Crippen molar-refractivity contribution in [2.24, 2.45) is 11.8 Å². The number of amides is 3. The second-order valence-corrected chi connectivity index (χ2v) is 9.53. The molecule has 0 aliphatic carbocycles. The van der Waals surface area contributed by atoms with Crippen LogP contribution in [0.25, 0.3) is 10.9 Å². The number of aromatic nitrogens is 1. The summed E-state index contributed by atoms with van der Waals surface area (Å²) in [6, 6.07) is 11.0. The standard InChI is InChI=1S/C27H30N4O8/c1-15(2)11-18(13-23(32)30-39)24(33)28-21(27(37)38)12-19-14-31(22-6-4-3-5-20(19)22)29-25(34)16-7-9-17(10-8-16)26(35)36/h3-10,14-15,18,21,39H,11-13H2,1-2H3,(H,28,33)(H,29,34)(H,30,32)(H,35,36)(H,37,38)/t18-,21+/m1/s1. The van der Waals surface area contributed by atoms with Crippen molar-refractivity contribution in [3.8, 4) is 0 Å². The lowest BCUT2D eigenvalue weighted by molar-refractivity contribution is -0.143. The van der Waals surface area contributed by atoms with Gasteiger partial charge in [-0.1, -0.05) is 32.0 Å². The Kier molecular flexibility index (Phi) is 9.39. The van der Waals surface area contributed by atoms with Crippen LogP contribution in [0.1, 0.15) is 53.0 Å². The molecule has 0 fully saturated rings. The molecule has 0 saturated carbocycles. The maximum atomic E-state index is 12.9. The molecule has 12 nitrogen and oxygen atoms in total. The number of aromatic carboxylic acids is 1. The maximum Gasteiger partial charge on any atom is 0.335 e. The Labute approximate surface area is 223 Å². The fraction of sp³-hybridized carbons (Fsp3) is 0.296. The third-order valence-corrected chi connectivity index (χ3v) is 6.13. The average Bonchev–Trinajstić information content (AvgIpc) is 3.24. The molecule has 39 heavy (non-hydrogen) atoms. The number of carboxylic acid groups (broad SMARTS) is 2. The van der Waals surface area contributed by atoms with Gasteiger partial charge in [-0.15, -0.1) is 0 Å². The molecule has 2 atom stereocenters. The topological polar surface area (TPSA) is 187 Å². The summed E-state index contributed by atoms with van der Waals surface area (Å²) in [5, 5.41) is 30.9. The molecule has 0 spiro atoms.